The number of fused-ring (bicyclic) bond motifs is 1. The fourth-order valence-electron chi connectivity index (χ4n) is 2.63. The van der Waals surface area contributed by atoms with Crippen LogP contribution in [0.5, 0.6) is 5.75 Å². The van der Waals surface area contributed by atoms with Gasteiger partial charge in [-0.1, -0.05) is 6.92 Å². The van der Waals surface area contributed by atoms with Crippen molar-refractivity contribution in [2.45, 2.75) is 31.6 Å². The molecular formula is C14H19NO2. The van der Waals surface area contributed by atoms with E-state index >= 15 is 0 Å². The molecular weight excluding hydrogens is 214 g/mol. The summed E-state index contributed by atoms with van der Waals surface area (Å²) < 4.78 is 5.24. The number of methoxy groups -OCH3 is 1. The Morgan fingerprint density at radius 1 is 1.47 bits per heavy atom. The van der Waals surface area contributed by atoms with Gasteiger partial charge in [-0.05, 0) is 48.6 Å². The van der Waals surface area contributed by atoms with Crippen LogP contribution in [0.3, 0.4) is 0 Å². The van der Waals surface area contributed by atoms with Crippen molar-refractivity contribution in [3.8, 4) is 5.75 Å². The Balaban J connectivity index is 2.52. The maximum absolute atomic E-state index is 11.9. The summed E-state index contributed by atoms with van der Waals surface area (Å²) in [6.07, 6.45) is 2.40. The molecule has 1 unspecified atom stereocenters. The third-order valence-electron chi connectivity index (χ3n) is 3.78. The number of Topliss-reactive ketones (excluding diaryl/α,β-unsaturated/α-hetero) is 1. The number of hydrogen-bond acceptors (Lipinski definition) is 3. The molecule has 2 N–H and O–H groups in total. The van der Waals surface area contributed by atoms with Crippen molar-refractivity contribution in [3.05, 3.63) is 29.3 Å². The summed E-state index contributed by atoms with van der Waals surface area (Å²) in [5, 5.41) is 0. The standard InChI is InChI=1S/C14H19NO2/c1-14(7-8-15)6-5-13(16)11-4-3-10(17-2)9-12(11)14/h3-4,9H,5-8,15H2,1-2H3. The molecule has 1 atom stereocenters. The lowest BCUT2D eigenvalue weighted by atomic mass is 9.69. The smallest absolute Gasteiger partial charge is 0.163 e. The van der Waals surface area contributed by atoms with E-state index in [-0.39, 0.29) is 11.2 Å². The molecule has 0 heterocycles. The molecule has 0 saturated carbocycles. The SMILES string of the molecule is COc1ccc2c(c1)C(C)(CCN)CCC2=O. The van der Waals surface area contributed by atoms with Crippen LogP contribution in [0.25, 0.3) is 0 Å². The van der Waals surface area contributed by atoms with Crippen LogP contribution in [0.1, 0.15) is 42.1 Å². The van der Waals surface area contributed by atoms with Crippen LogP contribution in [0, 0.1) is 0 Å². The highest BCUT2D eigenvalue weighted by atomic mass is 16.5. The predicted molar refractivity (Wildman–Crippen MR) is 67.6 cm³/mol. The van der Waals surface area contributed by atoms with Gasteiger partial charge in [-0.25, -0.2) is 0 Å². The number of benzene rings is 1. The summed E-state index contributed by atoms with van der Waals surface area (Å²) in [7, 11) is 1.65. The highest BCUT2D eigenvalue weighted by molar-refractivity contribution is 5.99. The first kappa shape index (κ1) is 12.1. The van der Waals surface area contributed by atoms with E-state index in [1.807, 2.05) is 18.2 Å². The molecule has 0 aromatic heterocycles. The van der Waals surface area contributed by atoms with Gasteiger partial charge in [0.15, 0.2) is 5.78 Å². The predicted octanol–water partition coefficient (Wildman–Crippen LogP) is 2.28. The van der Waals surface area contributed by atoms with E-state index in [4.69, 9.17) is 10.5 Å². The van der Waals surface area contributed by atoms with Gasteiger partial charge in [-0.3, -0.25) is 4.79 Å². The molecule has 0 amide bonds. The Morgan fingerprint density at radius 3 is 2.88 bits per heavy atom. The Hall–Kier alpha value is -1.35. The minimum absolute atomic E-state index is 0.00648. The van der Waals surface area contributed by atoms with Crippen LogP contribution < -0.4 is 10.5 Å². The normalized spacial score (nSPS) is 23.4. The molecule has 0 spiro atoms. The van der Waals surface area contributed by atoms with E-state index < -0.39 is 0 Å². The Kier molecular flexibility index (Phi) is 3.20. The molecule has 3 heteroatoms. The number of rotatable bonds is 3. The van der Waals surface area contributed by atoms with E-state index in [1.165, 1.54) is 0 Å². The van der Waals surface area contributed by atoms with Gasteiger partial charge in [-0.2, -0.15) is 0 Å². The lowest BCUT2D eigenvalue weighted by Crippen LogP contribution is -2.32. The number of carbonyl (C=O) groups is 1. The molecule has 0 aliphatic heterocycles. The molecule has 0 saturated heterocycles. The zero-order chi connectivity index (χ0) is 12.5. The zero-order valence-electron chi connectivity index (χ0n) is 10.5. The molecule has 0 bridgehead atoms. The number of hydrogen-bond donors (Lipinski definition) is 1. The highest BCUT2D eigenvalue weighted by Gasteiger charge is 2.35. The first-order valence-electron chi connectivity index (χ1n) is 6.02. The van der Waals surface area contributed by atoms with E-state index in [0.29, 0.717) is 13.0 Å². The monoisotopic (exact) mass is 233 g/mol. The Labute approximate surface area is 102 Å². The fraction of sp³-hybridized carbons (Fsp3) is 0.500. The minimum atomic E-state index is 0.00648. The molecule has 3 nitrogen and oxygen atoms in total. The average Bonchev–Trinajstić information content (AvgIpc) is 2.34. The van der Waals surface area contributed by atoms with Crippen LogP contribution >= 0.6 is 0 Å². The molecule has 1 aromatic rings. The molecule has 2 rings (SSSR count). The second kappa shape index (κ2) is 4.49. The summed E-state index contributed by atoms with van der Waals surface area (Å²) in [6, 6.07) is 5.72. The quantitative estimate of drug-likeness (QED) is 0.871. The van der Waals surface area contributed by atoms with Crippen molar-refractivity contribution in [2.24, 2.45) is 5.73 Å². The van der Waals surface area contributed by atoms with Gasteiger partial charge in [0.25, 0.3) is 0 Å². The van der Waals surface area contributed by atoms with Gasteiger partial charge in [0.1, 0.15) is 5.75 Å². The molecule has 1 aromatic carbocycles. The summed E-state index contributed by atoms with van der Waals surface area (Å²) in [4.78, 5) is 11.9. The second-order valence-corrected chi connectivity index (χ2v) is 4.93. The zero-order valence-corrected chi connectivity index (χ0v) is 10.5. The van der Waals surface area contributed by atoms with Crippen LogP contribution in [-0.4, -0.2) is 19.4 Å². The van der Waals surface area contributed by atoms with Gasteiger partial charge < -0.3 is 10.5 Å². The van der Waals surface area contributed by atoms with E-state index in [9.17, 15) is 4.79 Å². The van der Waals surface area contributed by atoms with Gasteiger partial charge in [0.2, 0.25) is 0 Å². The van der Waals surface area contributed by atoms with E-state index in [0.717, 1.165) is 29.7 Å². The summed E-state index contributed by atoms with van der Waals surface area (Å²) >= 11 is 0. The van der Waals surface area contributed by atoms with Crippen LogP contribution in [0.2, 0.25) is 0 Å². The van der Waals surface area contributed by atoms with Crippen LogP contribution in [-0.2, 0) is 5.41 Å². The Bertz CT molecular complexity index is 442. The number of carbonyl (C=O) groups excluding carboxylic acids is 1. The van der Waals surface area contributed by atoms with Crippen molar-refractivity contribution < 1.29 is 9.53 Å². The molecule has 1 aliphatic carbocycles. The lowest BCUT2D eigenvalue weighted by molar-refractivity contribution is 0.0952. The van der Waals surface area contributed by atoms with Crippen molar-refractivity contribution in [1.29, 1.82) is 0 Å². The van der Waals surface area contributed by atoms with Crippen molar-refractivity contribution >= 4 is 5.78 Å². The van der Waals surface area contributed by atoms with Gasteiger partial charge in [0, 0.05) is 12.0 Å². The van der Waals surface area contributed by atoms with Crippen molar-refractivity contribution in [1.82, 2.24) is 0 Å². The molecule has 1 aliphatic rings. The number of ether oxygens (including phenoxy) is 1. The van der Waals surface area contributed by atoms with E-state index in [1.54, 1.807) is 7.11 Å². The lowest BCUT2D eigenvalue weighted by Gasteiger charge is -2.35. The summed E-state index contributed by atoms with van der Waals surface area (Å²) in [5.41, 5.74) is 7.63. The Morgan fingerprint density at radius 2 is 2.24 bits per heavy atom. The maximum Gasteiger partial charge on any atom is 0.163 e. The average molecular weight is 233 g/mol. The highest BCUT2D eigenvalue weighted by Crippen LogP contribution is 2.40. The van der Waals surface area contributed by atoms with Crippen LogP contribution in [0.15, 0.2) is 18.2 Å². The molecule has 92 valence electrons. The summed E-state index contributed by atoms with van der Waals surface area (Å²) in [6.45, 7) is 2.83. The third kappa shape index (κ3) is 2.07. The third-order valence-corrected chi connectivity index (χ3v) is 3.78. The molecule has 0 fully saturated rings. The number of ketones is 1. The van der Waals surface area contributed by atoms with Gasteiger partial charge in [-0.15, -0.1) is 0 Å². The fourth-order valence-corrected chi connectivity index (χ4v) is 2.63. The van der Waals surface area contributed by atoms with Gasteiger partial charge >= 0.3 is 0 Å². The largest absolute Gasteiger partial charge is 0.497 e. The van der Waals surface area contributed by atoms with E-state index in [2.05, 4.69) is 6.92 Å². The first-order valence-corrected chi connectivity index (χ1v) is 6.02. The molecule has 17 heavy (non-hydrogen) atoms. The second-order valence-electron chi connectivity index (χ2n) is 4.93. The van der Waals surface area contributed by atoms with Crippen molar-refractivity contribution in [3.63, 3.8) is 0 Å². The summed E-state index contributed by atoms with van der Waals surface area (Å²) in [5.74, 6) is 1.04. The molecule has 0 radical (unpaired) electrons. The van der Waals surface area contributed by atoms with Crippen LogP contribution in [0.4, 0.5) is 0 Å². The maximum atomic E-state index is 11.9. The number of nitrogens with two attached hydrogens (primary N) is 1. The first-order chi connectivity index (χ1) is 8.10. The topological polar surface area (TPSA) is 52.3 Å². The van der Waals surface area contributed by atoms with Crippen molar-refractivity contribution in [2.75, 3.05) is 13.7 Å². The minimum Gasteiger partial charge on any atom is -0.497 e. The van der Waals surface area contributed by atoms with Gasteiger partial charge in [0.05, 0.1) is 7.11 Å².